The molecule has 2 fully saturated rings. The van der Waals surface area contributed by atoms with Crippen LogP contribution in [0.15, 0.2) is 48.7 Å². The molecule has 6 rings (SSSR count). The van der Waals surface area contributed by atoms with E-state index in [-0.39, 0.29) is 0 Å². The molecule has 35 heavy (non-hydrogen) atoms. The second kappa shape index (κ2) is 9.64. The first-order chi connectivity index (χ1) is 17.3. The number of hydrogen-bond acceptors (Lipinski definition) is 1. The third-order valence-electron chi connectivity index (χ3n) is 8.77. The van der Waals surface area contributed by atoms with Crippen LogP contribution in [0.3, 0.4) is 0 Å². The van der Waals surface area contributed by atoms with Crippen molar-refractivity contribution in [3.8, 4) is 11.3 Å². The number of fused-ring (bicyclic) bond motifs is 3. The summed E-state index contributed by atoms with van der Waals surface area (Å²) in [5.41, 5.74) is 7.03. The van der Waals surface area contributed by atoms with Crippen molar-refractivity contribution in [3.63, 3.8) is 0 Å². The van der Waals surface area contributed by atoms with Crippen LogP contribution in [0.25, 0.3) is 39.8 Å². The van der Waals surface area contributed by atoms with Crippen LogP contribution in [0, 0.1) is 0 Å². The minimum Gasteiger partial charge on any atom is -0.292 e. The molecule has 0 saturated heterocycles. The molecule has 4 aromatic rings. The van der Waals surface area contributed by atoms with Crippen molar-refractivity contribution in [1.29, 1.82) is 0 Å². The van der Waals surface area contributed by atoms with Gasteiger partial charge in [0.25, 0.3) is 0 Å². The largest absolute Gasteiger partial charge is 0.292 e. The molecule has 0 spiro atoms. The van der Waals surface area contributed by atoms with E-state index in [1.807, 2.05) is 0 Å². The molecule has 2 heteroatoms. The SMILES string of the molecule is C/C=c1\c(=C/C)n2c(-c3c(C4CCCCC4)cccc3C3CCCCC3)cnc2c2ccccc12. The smallest absolute Gasteiger partial charge is 0.145 e. The van der Waals surface area contributed by atoms with Gasteiger partial charge in [0, 0.05) is 16.2 Å². The van der Waals surface area contributed by atoms with E-state index in [1.165, 1.54) is 96.8 Å². The van der Waals surface area contributed by atoms with Crippen LogP contribution in [0.2, 0.25) is 0 Å². The molecule has 0 radical (unpaired) electrons. The van der Waals surface area contributed by atoms with Crippen molar-refractivity contribution in [2.75, 3.05) is 0 Å². The van der Waals surface area contributed by atoms with E-state index in [1.54, 1.807) is 11.1 Å². The highest BCUT2D eigenvalue weighted by atomic mass is 15.0. The number of benzene rings is 2. The highest BCUT2D eigenvalue weighted by Gasteiger charge is 2.27. The summed E-state index contributed by atoms with van der Waals surface area (Å²) >= 11 is 0. The van der Waals surface area contributed by atoms with E-state index in [0.29, 0.717) is 11.8 Å². The second-order valence-electron chi connectivity index (χ2n) is 10.7. The molecule has 0 aliphatic heterocycles. The van der Waals surface area contributed by atoms with Gasteiger partial charge in [0.15, 0.2) is 0 Å². The maximum Gasteiger partial charge on any atom is 0.145 e. The van der Waals surface area contributed by atoms with E-state index in [2.05, 4.69) is 79.1 Å². The zero-order chi connectivity index (χ0) is 23.8. The Morgan fingerprint density at radius 2 is 1.31 bits per heavy atom. The van der Waals surface area contributed by atoms with E-state index < -0.39 is 0 Å². The maximum atomic E-state index is 5.11. The van der Waals surface area contributed by atoms with Gasteiger partial charge < -0.3 is 0 Å². The first-order valence-corrected chi connectivity index (χ1v) is 14.0. The molecule has 2 saturated carbocycles. The first kappa shape index (κ1) is 22.6. The molecule has 2 aromatic carbocycles. The van der Waals surface area contributed by atoms with Crippen molar-refractivity contribution in [2.24, 2.45) is 0 Å². The number of rotatable bonds is 3. The van der Waals surface area contributed by atoms with Gasteiger partial charge in [0.05, 0.1) is 17.2 Å². The molecule has 0 N–H and O–H groups in total. The molecule has 2 aliphatic rings. The Morgan fingerprint density at radius 1 is 0.714 bits per heavy atom. The Bertz CT molecular complexity index is 1440. The van der Waals surface area contributed by atoms with Crippen LogP contribution in [-0.4, -0.2) is 9.38 Å². The van der Waals surface area contributed by atoms with Gasteiger partial charge in [-0.15, -0.1) is 0 Å². The molecule has 180 valence electrons. The molecule has 0 amide bonds. The maximum absolute atomic E-state index is 5.11. The molecule has 0 unspecified atom stereocenters. The molecule has 0 bridgehead atoms. The van der Waals surface area contributed by atoms with Gasteiger partial charge in [0.2, 0.25) is 0 Å². The zero-order valence-corrected chi connectivity index (χ0v) is 21.4. The number of aromatic nitrogens is 2. The predicted molar refractivity (Wildman–Crippen MR) is 149 cm³/mol. The summed E-state index contributed by atoms with van der Waals surface area (Å²) in [6, 6.07) is 16.0. The summed E-state index contributed by atoms with van der Waals surface area (Å²) in [5, 5.41) is 5.11. The van der Waals surface area contributed by atoms with Gasteiger partial charge >= 0.3 is 0 Å². The van der Waals surface area contributed by atoms with Crippen LogP contribution < -0.4 is 10.6 Å². The quantitative estimate of drug-likeness (QED) is 0.303. The van der Waals surface area contributed by atoms with E-state index in [4.69, 9.17) is 4.98 Å². The van der Waals surface area contributed by atoms with Crippen LogP contribution in [0.5, 0.6) is 0 Å². The van der Waals surface area contributed by atoms with Crippen LogP contribution in [0.4, 0.5) is 0 Å². The summed E-state index contributed by atoms with van der Waals surface area (Å²) in [6.45, 7) is 4.34. The Morgan fingerprint density at radius 3 is 1.89 bits per heavy atom. The summed E-state index contributed by atoms with van der Waals surface area (Å²) in [7, 11) is 0. The average Bonchev–Trinajstić information content (AvgIpc) is 3.37. The summed E-state index contributed by atoms with van der Waals surface area (Å²) < 4.78 is 2.48. The van der Waals surface area contributed by atoms with Crippen molar-refractivity contribution in [2.45, 2.75) is 89.9 Å². The Hall–Kier alpha value is -2.87. The summed E-state index contributed by atoms with van der Waals surface area (Å²) in [4.78, 5) is 5.11. The highest BCUT2D eigenvalue weighted by molar-refractivity contribution is 5.96. The molecule has 2 heterocycles. The molecular weight excluding hydrogens is 424 g/mol. The Balaban J connectivity index is 1.70. The number of imidazole rings is 1. The number of nitrogens with zero attached hydrogens (tertiary/aromatic N) is 2. The highest BCUT2D eigenvalue weighted by Crippen LogP contribution is 2.44. The Kier molecular flexibility index (Phi) is 6.22. The van der Waals surface area contributed by atoms with Crippen molar-refractivity contribution in [1.82, 2.24) is 9.38 Å². The van der Waals surface area contributed by atoms with Gasteiger partial charge in [-0.2, -0.15) is 0 Å². The Labute approximate surface area is 209 Å². The fourth-order valence-corrected chi connectivity index (χ4v) is 7.11. The van der Waals surface area contributed by atoms with Crippen molar-refractivity contribution in [3.05, 3.63) is 70.4 Å². The van der Waals surface area contributed by atoms with Crippen molar-refractivity contribution < 1.29 is 0 Å². The lowest BCUT2D eigenvalue weighted by molar-refractivity contribution is 0.436. The lowest BCUT2D eigenvalue weighted by atomic mass is 9.76. The summed E-state index contributed by atoms with van der Waals surface area (Å²) in [5.74, 6) is 1.33. The normalized spacial score (nSPS) is 19.3. The first-order valence-electron chi connectivity index (χ1n) is 14.0. The second-order valence-corrected chi connectivity index (χ2v) is 10.7. The topological polar surface area (TPSA) is 17.3 Å². The van der Waals surface area contributed by atoms with E-state index in [0.717, 1.165) is 5.65 Å². The lowest BCUT2D eigenvalue weighted by Crippen LogP contribution is -2.32. The van der Waals surface area contributed by atoms with Crippen LogP contribution in [-0.2, 0) is 0 Å². The average molecular weight is 463 g/mol. The van der Waals surface area contributed by atoms with Crippen LogP contribution in [0.1, 0.15) is 101 Å². The van der Waals surface area contributed by atoms with E-state index in [9.17, 15) is 0 Å². The zero-order valence-electron chi connectivity index (χ0n) is 21.4. The van der Waals surface area contributed by atoms with Gasteiger partial charge in [-0.3, -0.25) is 4.40 Å². The molecule has 2 nitrogen and oxygen atoms in total. The lowest BCUT2D eigenvalue weighted by Gasteiger charge is -2.29. The van der Waals surface area contributed by atoms with Crippen LogP contribution >= 0.6 is 0 Å². The third-order valence-corrected chi connectivity index (χ3v) is 8.77. The summed E-state index contributed by atoms with van der Waals surface area (Å²) in [6.07, 6.45) is 20.2. The number of hydrogen-bond donors (Lipinski definition) is 0. The number of pyridine rings is 1. The molecular formula is C33H38N2. The molecule has 0 atom stereocenters. The minimum atomic E-state index is 0.666. The standard InChI is InChI=1S/C33H38N2/c1-3-25-28-18-11-12-19-29(28)33-34-22-31(35(33)30(25)4-2)32-26(23-14-7-5-8-15-23)20-13-21-27(32)24-16-9-6-10-17-24/h3-4,11-13,18-24H,5-10,14-17H2,1-2H3/b25-3-,30-4+. The van der Waals surface area contributed by atoms with Gasteiger partial charge in [0.1, 0.15) is 5.65 Å². The molecule has 2 aliphatic carbocycles. The molecule has 2 aromatic heterocycles. The van der Waals surface area contributed by atoms with Gasteiger partial charge in [-0.05, 0) is 67.9 Å². The predicted octanol–water partition coefficient (Wildman–Crippen LogP) is 7.85. The van der Waals surface area contributed by atoms with Gasteiger partial charge in [-0.25, -0.2) is 4.98 Å². The van der Waals surface area contributed by atoms with Gasteiger partial charge in [-0.1, -0.05) is 93.1 Å². The van der Waals surface area contributed by atoms with E-state index >= 15 is 0 Å². The monoisotopic (exact) mass is 462 g/mol. The minimum absolute atomic E-state index is 0.666. The fourth-order valence-electron chi connectivity index (χ4n) is 7.11. The fraction of sp³-hybridized carbons (Fsp3) is 0.424. The van der Waals surface area contributed by atoms with Crippen molar-refractivity contribution >= 4 is 28.6 Å². The third kappa shape index (κ3) is 3.82.